The third-order valence-corrected chi connectivity index (χ3v) is 9.18. The second-order valence-corrected chi connectivity index (χ2v) is 12.9. The minimum atomic E-state index is -4.09. The van der Waals surface area contributed by atoms with Gasteiger partial charge in [-0.05, 0) is 99.3 Å². The number of rotatable bonds is 13. The van der Waals surface area contributed by atoms with E-state index in [1.807, 2.05) is 13.8 Å². The summed E-state index contributed by atoms with van der Waals surface area (Å²) in [5.41, 5.74) is 2.74. The largest absolute Gasteiger partial charge is 0.486 e. The summed E-state index contributed by atoms with van der Waals surface area (Å²) >= 11 is 2.28. The maximum absolute atomic E-state index is 13.4. The lowest BCUT2D eigenvalue weighted by molar-refractivity contribution is -0.179. The van der Waals surface area contributed by atoms with E-state index in [2.05, 4.69) is 50.3 Å². The van der Waals surface area contributed by atoms with Crippen molar-refractivity contribution in [1.29, 1.82) is 0 Å². The topological polar surface area (TPSA) is 35.5 Å². The predicted molar refractivity (Wildman–Crippen MR) is 152 cm³/mol. The van der Waals surface area contributed by atoms with E-state index in [-0.39, 0.29) is 24.4 Å². The van der Waals surface area contributed by atoms with Crippen molar-refractivity contribution >= 4 is 28.6 Å². The van der Waals surface area contributed by atoms with Crippen LogP contribution in [0.25, 0.3) is 0 Å². The van der Waals surface area contributed by atoms with Crippen LogP contribution in [-0.2, 0) is 11.2 Å². The van der Waals surface area contributed by atoms with Gasteiger partial charge in [-0.3, -0.25) is 4.79 Å². The average Bonchev–Trinajstić information content (AvgIpc) is 2.78. The minimum absolute atomic E-state index is 0.246. The van der Waals surface area contributed by atoms with Crippen LogP contribution in [0.5, 0.6) is 11.5 Å². The van der Waals surface area contributed by atoms with E-state index in [9.17, 15) is 18.0 Å². The molecule has 0 saturated carbocycles. The zero-order valence-corrected chi connectivity index (χ0v) is 25.9. The van der Waals surface area contributed by atoms with Crippen molar-refractivity contribution in [3.63, 3.8) is 0 Å². The van der Waals surface area contributed by atoms with Gasteiger partial charge in [-0.25, -0.2) is 0 Å². The van der Waals surface area contributed by atoms with Gasteiger partial charge in [0, 0.05) is 18.1 Å². The van der Waals surface area contributed by atoms with Crippen molar-refractivity contribution in [2.24, 2.45) is 17.8 Å². The quantitative estimate of drug-likeness (QED) is 0.123. The molecule has 3 unspecified atom stereocenters. The standard InChI is InChI=1S/C30H46F3IO3/c1-19(2)11-8-14-24(30(31,32)33)15-9-12-20(3)13-10-17-29(7)18-16-25-21(4)27(36-23(6)35)22(5)26(34)28(25)37-29/h19-20,24H,8-18H2,1-7H3. The zero-order chi connectivity index (χ0) is 28.0. The van der Waals surface area contributed by atoms with Crippen LogP contribution in [0.15, 0.2) is 0 Å². The molecule has 0 radical (unpaired) electrons. The Hall–Kier alpha value is -0.990. The number of halogens is 4. The second kappa shape index (κ2) is 13.9. The Balaban J connectivity index is 1.87. The molecule has 1 aromatic carbocycles. The van der Waals surface area contributed by atoms with Crippen molar-refractivity contribution in [1.82, 2.24) is 0 Å². The van der Waals surface area contributed by atoms with Crippen LogP contribution in [-0.4, -0.2) is 17.7 Å². The van der Waals surface area contributed by atoms with E-state index >= 15 is 0 Å². The van der Waals surface area contributed by atoms with E-state index in [0.29, 0.717) is 30.4 Å². The Kier molecular flexibility index (Phi) is 12.1. The van der Waals surface area contributed by atoms with E-state index < -0.39 is 12.1 Å². The van der Waals surface area contributed by atoms with Gasteiger partial charge in [0.25, 0.3) is 0 Å². The molecule has 1 heterocycles. The molecule has 0 bridgehead atoms. The number of hydrogen-bond acceptors (Lipinski definition) is 3. The van der Waals surface area contributed by atoms with E-state index in [4.69, 9.17) is 9.47 Å². The van der Waals surface area contributed by atoms with Gasteiger partial charge in [0.05, 0.1) is 9.49 Å². The van der Waals surface area contributed by atoms with Gasteiger partial charge in [0.2, 0.25) is 0 Å². The van der Waals surface area contributed by atoms with Crippen LogP contribution >= 0.6 is 22.6 Å². The van der Waals surface area contributed by atoms with E-state index in [0.717, 1.165) is 71.0 Å². The summed E-state index contributed by atoms with van der Waals surface area (Å²) in [7, 11) is 0. The third kappa shape index (κ3) is 9.61. The average molecular weight is 639 g/mol. The van der Waals surface area contributed by atoms with Crippen LogP contribution in [0.3, 0.4) is 0 Å². The molecule has 0 amide bonds. The lowest BCUT2D eigenvalue weighted by Crippen LogP contribution is -2.37. The first-order valence-electron chi connectivity index (χ1n) is 13.9. The summed E-state index contributed by atoms with van der Waals surface area (Å²) in [6, 6.07) is 0. The Morgan fingerprint density at radius 2 is 1.62 bits per heavy atom. The fourth-order valence-electron chi connectivity index (χ4n) is 5.48. The molecule has 0 spiro atoms. The number of alkyl halides is 3. The molecule has 1 aromatic rings. The number of ether oxygens (including phenoxy) is 2. The van der Waals surface area contributed by atoms with Crippen LogP contribution < -0.4 is 9.47 Å². The first kappa shape index (κ1) is 32.2. The summed E-state index contributed by atoms with van der Waals surface area (Å²) in [4.78, 5) is 11.6. The normalized spacial score (nSPS) is 19.4. The Bertz CT molecular complexity index is 913. The molecule has 2 rings (SSSR count). The summed E-state index contributed by atoms with van der Waals surface area (Å²) in [5.74, 6) is 0.918. The van der Waals surface area contributed by atoms with Gasteiger partial charge in [-0.15, -0.1) is 0 Å². The number of fused-ring (bicyclic) bond motifs is 1. The number of benzene rings is 1. The van der Waals surface area contributed by atoms with Gasteiger partial charge >= 0.3 is 12.1 Å². The van der Waals surface area contributed by atoms with Crippen molar-refractivity contribution in [2.45, 2.75) is 131 Å². The number of carbonyl (C=O) groups is 1. The molecule has 1 aliphatic heterocycles. The van der Waals surface area contributed by atoms with Crippen LogP contribution in [0, 0.1) is 35.2 Å². The lowest BCUT2D eigenvalue weighted by Gasteiger charge is -2.38. The van der Waals surface area contributed by atoms with Gasteiger partial charge in [-0.1, -0.05) is 52.9 Å². The molecule has 0 N–H and O–H groups in total. The Morgan fingerprint density at radius 1 is 1.03 bits per heavy atom. The SMILES string of the molecule is CC(=O)Oc1c(C)c(I)c2c(c1C)CCC(C)(CCCC(C)CCCC(CCCC(C)C)C(F)(F)F)O2. The molecule has 3 nitrogen and oxygen atoms in total. The highest BCUT2D eigenvalue weighted by Crippen LogP contribution is 2.46. The molecule has 0 aromatic heterocycles. The third-order valence-electron chi connectivity index (χ3n) is 7.88. The summed E-state index contributed by atoms with van der Waals surface area (Å²) in [6.45, 7) is 13.8. The molecular formula is C30H46F3IO3. The highest BCUT2D eigenvalue weighted by Gasteiger charge is 2.38. The first-order valence-corrected chi connectivity index (χ1v) is 15.0. The maximum atomic E-state index is 13.4. The number of esters is 1. The van der Waals surface area contributed by atoms with Crippen molar-refractivity contribution in [3.05, 3.63) is 20.3 Å². The first-order chi connectivity index (χ1) is 17.1. The Morgan fingerprint density at radius 3 is 2.19 bits per heavy atom. The fraction of sp³-hybridized carbons (Fsp3) is 0.767. The summed E-state index contributed by atoms with van der Waals surface area (Å²) in [6.07, 6.45) is 4.06. The number of hydrogen-bond donors (Lipinski definition) is 0. The van der Waals surface area contributed by atoms with E-state index in [1.54, 1.807) is 0 Å². The summed E-state index contributed by atoms with van der Waals surface area (Å²) in [5, 5.41) is 0. The zero-order valence-electron chi connectivity index (χ0n) is 23.7. The van der Waals surface area contributed by atoms with Gasteiger partial charge in [-0.2, -0.15) is 13.2 Å². The van der Waals surface area contributed by atoms with Gasteiger partial charge < -0.3 is 9.47 Å². The molecule has 0 saturated heterocycles. The van der Waals surface area contributed by atoms with E-state index in [1.165, 1.54) is 6.92 Å². The Labute approximate surface area is 235 Å². The van der Waals surface area contributed by atoms with Crippen LogP contribution in [0.2, 0.25) is 0 Å². The highest BCUT2D eigenvalue weighted by molar-refractivity contribution is 14.1. The van der Waals surface area contributed by atoms with Crippen molar-refractivity contribution in [3.8, 4) is 11.5 Å². The molecule has 0 aliphatic carbocycles. The molecule has 3 atom stereocenters. The predicted octanol–water partition coefficient (Wildman–Crippen LogP) is 9.90. The lowest BCUT2D eigenvalue weighted by atomic mass is 9.84. The van der Waals surface area contributed by atoms with Crippen LogP contribution in [0.4, 0.5) is 13.2 Å². The molecular weight excluding hydrogens is 592 g/mol. The molecule has 0 fully saturated rings. The molecule has 37 heavy (non-hydrogen) atoms. The monoisotopic (exact) mass is 638 g/mol. The maximum Gasteiger partial charge on any atom is 0.391 e. The minimum Gasteiger partial charge on any atom is -0.486 e. The summed E-state index contributed by atoms with van der Waals surface area (Å²) < 4.78 is 53.4. The van der Waals surface area contributed by atoms with Crippen LogP contribution in [0.1, 0.15) is 116 Å². The molecule has 1 aliphatic rings. The molecule has 212 valence electrons. The highest BCUT2D eigenvalue weighted by atomic mass is 127. The van der Waals surface area contributed by atoms with Gasteiger partial charge in [0.1, 0.15) is 17.1 Å². The number of carbonyl (C=O) groups excluding carboxylic acids is 1. The van der Waals surface area contributed by atoms with Crippen molar-refractivity contribution < 1.29 is 27.4 Å². The smallest absolute Gasteiger partial charge is 0.391 e. The molecule has 7 heteroatoms. The van der Waals surface area contributed by atoms with Crippen molar-refractivity contribution in [2.75, 3.05) is 0 Å². The second-order valence-electron chi connectivity index (χ2n) is 11.8. The fourth-order valence-corrected chi connectivity index (χ4v) is 6.16. The van der Waals surface area contributed by atoms with Gasteiger partial charge in [0.15, 0.2) is 0 Å².